The highest BCUT2D eigenvalue weighted by molar-refractivity contribution is 9.12. The highest BCUT2D eigenvalue weighted by Crippen LogP contribution is 2.46. The van der Waals surface area contributed by atoms with Gasteiger partial charge in [0.25, 0.3) is 0 Å². The van der Waals surface area contributed by atoms with Crippen LogP contribution in [0, 0.1) is 5.92 Å². The van der Waals surface area contributed by atoms with E-state index >= 15 is 0 Å². The number of fused-ring (bicyclic) bond motifs is 1. The van der Waals surface area contributed by atoms with Crippen molar-refractivity contribution in [2.75, 3.05) is 13.1 Å². The Hall–Kier alpha value is -0.450. The van der Waals surface area contributed by atoms with Crippen LogP contribution in [0.5, 0.6) is 0 Å². The van der Waals surface area contributed by atoms with Gasteiger partial charge in [0.05, 0.1) is 5.69 Å². The molecule has 1 aliphatic heterocycles. The van der Waals surface area contributed by atoms with Gasteiger partial charge >= 0.3 is 0 Å². The molecule has 1 N–H and O–H groups in total. The summed E-state index contributed by atoms with van der Waals surface area (Å²) in [7, 11) is 0. The molecule has 1 atom stereocenters. The van der Waals surface area contributed by atoms with Gasteiger partial charge in [0, 0.05) is 21.1 Å². The van der Waals surface area contributed by atoms with Crippen molar-refractivity contribution in [2.24, 2.45) is 5.92 Å². The van der Waals surface area contributed by atoms with Gasteiger partial charge in [-0.25, -0.2) is 0 Å². The summed E-state index contributed by atoms with van der Waals surface area (Å²) < 4.78 is 2.45. The molecule has 2 aliphatic rings. The second-order valence-electron chi connectivity index (χ2n) is 7.57. The fraction of sp³-hybridized carbons (Fsp3) is 0.625. The number of allylic oxidation sites excluding steroid dienone is 4. The molecule has 2 heterocycles. The predicted molar refractivity (Wildman–Crippen MR) is 129 cm³/mol. The first-order chi connectivity index (χ1) is 13.6. The van der Waals surface area contributed by atoms with Gasteiger partial charge in [-0.3, -0.25) is 4.98 Å². The molecule has 1 fully saturated rings. The summed E-state index contributed by atoms with van der Waals surface area (Å²) >= 11 is 7.61. The molecule has 0 saturated carbocycles. The van der Waals surface area contributed by atoms with E-state index in [0.29, 0.717) is 11.8 Å². The van der Waals surface area contributed by atoms with Gasteiger partial charge in [-0.2, -0.15) is 0 Å². The van der Waals surface area contributed by atoms with Crippen molar-refractivity contribution in [3.63, 3.8) is 0 Å². The highest BCUT2D eigenvalue weighted by atomic mass is 79.9. The number of hydrogen-bond donors (Lipinski definition) is 1. The maximum absolute atomic E-state index is 4.96. The van der Waals surface area contributed by atoms with Crippen molar-refractivity contribution in [3.8, 4) is 0 Å². The van der Waals surface area contributed by atoms with E-state index in [9.17, 15) is 0 Å². The summed E-state index contributed by atoms with van der Waals surface area (Å²) in [6.45, 7) is 13.1. The lowest BCUT2D eigenvalue weighted by Gasteiger charge is -2.33. The Balaban J connectivity index is 0.00000136. The Morgan fingerprint density at radius 3 is 2.46 bits per heavy atom. The second kappa shape index (κ2) is 11.7. The number of piperidine rings is 1. The van der Waals surface area contributed by atoms with E-state index in [2.05, 4.69) is 64.0 Å². The molecule has 1 saturated heterocycles. The number of rotatable bonds is 4. The minimum absolute atomic E-state index is 0.458. The Bertz CT molecular complexity index is 715. The summed E-state index contributed by atoms with van der Waals surface area (Å²) in [5.74, 6) is 1.15. The molecule has 4 heteroatoms. The first-order valence-electron chi connectivity index (χ1n) is 11.0. The maximum Gasteiger partial charge on any atom is 0.0510 e. The van der Waals surface area contributed by atoms with Crippen LogP contribution in [-0.4, -0.2) is 18.1 Å². The molecular weight excluding hydrogens is 476 g/mol. The molecule has 1 unspecified atom stereocenters. The van der Waals surface area contributed by atoms with Gasteiger partial charge in [-0.15, -0.1) is 0 Å². The molecule has 2 nitrogen and oxygen atoms in total. The third-order valence-electron chi connectivity index (χ3n) is 6.08. The van der Waals surface area contributed by atoms with Gasteiger partial charge in [0.15, 0.2) is 0 Å². The van der Waals surface area contributed by atoms with Crippen molar-refractivity contribution in [1.82, 2.24) is 10.3 Å². The zero-order chi connectivity index (χ0) is 20.7. The van der Waals surface area contributed by atoms with Crippen LogP contribution in [0.2, 0.25) is 0 Å². The van der Waals surface area contributed by atoms with Crippen LogP contribution >= 0.6 is 31.9 Å². The summed E-state index contributed by atoms with van der Waals surface area (Å²) in [6, 6.07) is 2.30. The van der Waals surface area contributed by atoms with E-state index in [-0.39, 0.29) is 0 Å². The van der Waals surface area contributed by atoms with Gasteiger partial charge in [-0.05, 0) is 97.6 Å². The molecule has 1 aromatic heterocycles. The van der Waals surface area contributed by atoms with E-state index in [1.807, 2.05) is 20.0 Å². The number of halogens is 2. The molecule has 3 rings (SSSR count). The number of nitrogens with one attached hydrogen (secondary N) is 1. The molecule has 0 radical (unpaired) electrons. The van der Waals surface area contributed by atoms with E-state index in [4.69, 9.17) is 4.98 Å². The quantitative estimate of drug-likeness (QED) is 0.448. The highest BCUT2D eigenvalue weighted by Gasteiger charge is 2.34. The SMILES string of the molecule is CC.CCC1=C(/C(Br)=C(/C)CC)CCc2cc(Br)cnc2C1C1CCNCC1. The fourth-order valence-electron chi connectivity index (χ4n) is 4.53. The van der Waals surface area contributed by atoms with E-state index in [0.717, 1.165) is 43.2 Å². The maximum atomic E-state index is 4.96. The van der Waals surface area contributed by atoms with Gasteiger partial charge in [0.1, 0.15) is 0 Å². The first kappa shape index (κ1) is 23.8. The van der Waals surface area contributed by atoms with E-state index in [1.165, 1.54) is 34.2 Å². The Morgan fingerprint density at radius 2 is 1.86 bits per heavy atom. The standard InChI is InChI=1S/C22H30Br2N2.C2H6/c1-4-14(3)21(24)19-7-6-16-12-17(23)13-26-22(16)20(18(19)5-2)15-8-10-25-11-9-15;1-2/h12-13,15,20,25H,4-11H2,1-3H3;1-2H3/b21-14+;. The molecule has 0 aromatic carbocycles. The third kappa shape index (κ3) is 5.37. The van der Waals surface area contributed by atoms with Gasteiger partial charge < -0.3 is 5.32 Å². The van der Waals surface area contributed by atoms with Crippen LogP contribution in [0.15, 0.2) is 37.9 Å². The number of aromatic nitrogens is 1. The lowest BCUT2D eigenvalue weighted by Crippen LogP contribution is -2.32. The van der Waals surface area contributed by atoms with Crippen LogP contribution in [0.3, 0.4) is 0 Å². The minimum atomic E-state index is 0.458. The smallest absolute Gasteiger partial charge is 0.0510 e. The lowest BCUT2D eigenvalue weighted by molar-refractivity contribution is 0.332. The predicted octanol–water partition coefficient (Wildman–Crippen LogP) is 7.69. The van der Waals surface area contributed by atoms with Crippen molar-refractivity contribution in [1.29, 1.82) is 0 Å². The Kier molecular flexibility index (Phi) is 9.92. The van der Waals surface area contributed by atoms with Crippen LogP contribution in [0.25, 0.3) is 0 Å². The Labute approximate surface area is 188 Å². The van der Waals surface area contributed by atoms with Crippen LogP contribution in [0.1, 0.15) is 83.9 Å². The Morgan fingerprint density at radius 1 is 1.18 bits per heavy atom. The largest absolute Gasteiger partial charge is 0.317 e. The topological polar surface area (TPSA) is 24.9 Å². The molecule has 156 valence electrons. The number of pyridine rings is 1. The summed E-state index contributed by atoms with van der Waals surface area (Å²) in [5.41, 5.74) is 7.38. The summed E-state index contributed by atoms with van der Waals surface area (Å²) in [4.78, 5) is 4.96. The second-order valence-corrected chi connectivity index (χ2v) is 9.28. The number of aryl methyl sites for hydroxylation is 1. The van der Waals surface area contributed by atoms with E-state index < -0.39 is 0 Å². The molecule has 0 spiro atoms. The third-order valence-corrected chi connectivity index (χ3v) is 7.67. The van der Waals surface area contributed by atoms with Gasteiger partial charge in [0.2, 0.25) is 0 Å². The molecule has 1 aromatic rings. The normalized spacial score (nSPS) is 21.3. The van der Waals surface area contributed by atoms with Crippen LogP contribution in [-0.2, 0) is 6.42 Å². The summed E-state index contributed by atoms with van der Waals surface area (Å²) in [5, 5.41) is 3.53. The summed E-state index contributed by atoms with van der Waals surface area (Å²) in [6.07, 6.45) is 8.86. The van der Waals surface area contributed by atoms with Crippen molar-refractivity contribution in [3.05, 3.63) is 49.2 Å². The zero-order valence-electron chi connectivity index (χ0n) is 18.2. The first-order valence-corrected chi connectivity index (χ1v) is 12.6. The average Bonchev–Trinajstić information content (AvgIpc) is 2.90. The van der Waals surface area contributed by atoms with Crippen molar-refractivity contribution >= 4 is 31.9 Å². The van der Waals surface area contributed by atoms with E-state index in [1.54, 1.807) is 11.1 Å². The lowest BCUT2D eigenvalue weighted by atomic mass is 9.75. The van der Waals surface area contributed by atoms with Gasteiger partial charge in [-0.1, -0.05) is 54.8 Å². The minimum Gasteiger partial charge on any atom is -0.317 e. The number of nitrogens with zero attached hydrogens (tertiary/aromatic N) is 1. The average molecular weight is 512 g/mol. The monoisotopic (exact) mass is 510 g/mol. The fourth-order valence-corrected chi connectivity index (χ4v) is 5.64. The van der Waals surface area contributed by atoms with Crippen LogP contribution in [0.4, 0.5) is 0 Å². The molecule has 28 heavy (non-hydrogen) atoms. The molecule has 0 bridgehead atoms. The molecule has 1 aliphatic carbocycles. The van der Waals surface area contributed by atoms with Crippen molar-refractivity contribution in [2.45, 2.75) is 79.1 Å². The molecule has 0 amide bonds. The molecular formula is C24H36Br2N2. The van der Waals surface area contributed by atoms with Crippen LogP contribution < -0.4 is 5.32 Å². The number of hydrogen-bond acceptors (Lipinski definition) is 2. The zero-order valence-corrected chi connectivity index (χ0v) is 21.3. The van der Waals surface area contributed by atoms with Crippen molar-refractivity contribution < 1.29 is 0 Å².